The summed E-state index contributed by atoms with van der Waals surface area (Å²) in [4.78, 5) is 22.5. The van der Waals surface area contributed by atoms with Crippen LogP contribution in [-0.2, 0) is 11.3 Å². The minimum atomic E-state index is -1.12. The third-order valence-electron chi connectivity index (χ3n) is 7.82. The highest BCUT2D eigenvalue weighted by atomic mass is 32.2. The van der Waals surface area contributed by atoms with Crippen molar-refractivity contribution in [2.45, 2.75) is 43.0 Å². The van der Waals surface area contributed by atoms with E-state index in [0.717, 1.165) is 16.2 Å². The topological polar surface area (TPSA) is 95.2 Å². The van der Waals surface area contributed by atoms with E-state index in [4.69, 9.17) is 4.74 Å². The second kappa shape index (κ2) is 13.0. The number of carbonyl (C=O) groups is 1. The van der Waals surface area contributed by atoms with Crippen LogP contribution in [-0.4, -0.2) is 81.3 Å². The maximum atomic E-state index is 14.8. The highest BCUT2D eigenvalue weighted by molar-refractivity contribution is 7.99. The summed E-state index contributed by atoms with van der Waals surface area (Å²) in [6, 6.07) is 11.7. The van der Waals surface area contributed by atoms with Gasteiger partial charge in [-0.2, -0.15) is 0 Å². The molecule has 0 bridgehead atoms. The molecule has 3 atom stereocenters. The van der Waals surface area contributed by atoms with Crippen molar-refractivity contribution in [3.8, 4) is 5.75 Å². The number of amides is 1. The number of nitrogens with one attached hydrogen (secondary N) is 1. The molecule has 9 nitrogen and oxygen atoms in total. The number of thioether (sulfide) groups is 1. The molecule has 2 fully saturated rings. The van der Waals surface area contributed by atoms with E-state index in [0.29, 0.717) is 49.9 Å². The first-order valence-corrected chi connectivity index (χ1v) is 15.5. The van der Waals surface area contributed by atoms with Crippen molar-refractivity contribution in [3.63, 3.8) is 0 Å². The van der Waals surface area contributed by atoms with Gasteiger partial charge in [-0.05, 0) is 59.3 Å². The minimum absolute atomic E-state index is 0.0905. The van der Waals surface area contributed by atoms with Gasteiger partial charge in [-0.3, -0.25) is 9.69 Å². The molecule has 2 aromatic carbocycles. The second-order valence-corrected chi connectivity index (χ2v) is 12.4. The highest BCUT2D eigenvalue weighted by Crippen LogP contribution is 2.38. The van der Waals surface area contributed by atoms with Crippen LogP contribution in [0.15, 0.2) is 59.6 Å². The zero-order valence-corrected chi connectivity index (χ0v) is 24.9. The molecule has 4 heterocycles. The van der Waals surface area contributed by atoms with Gasteiger partial charge in [-0.25, -0.2) is 22.7 Å². The van der Waals surface area contributed by atoms with Gasteiger partial charge < -0.3 is 20.1 Å². The summed E-state index contributed by atoms with van der Waals surface area (Å²) in [6.45, 7) is 4.35. The van der Waals surface area contributed by atoms with Crippen LogP contribution >= 0.6 is 11.8 Å². The number of phenolic OH excluding ortho intramolecular Hbond substituents is 1. The average molecular weight is 627 g/mol. The lowest BCUT2D eigenvalue weighted by Crippen LogP contribution is -2.44. The van der Waals surface area contributed by atoms with E-state index in [2.05, 4.69) is 20.3 Å². The third kappa shape index (κ3) is 6.64. The number of benzene rings is 2. The van der Waals surface area contributed by atoms with Gasteiger partial charge in [0.2, 0.25) is 0 Å². The summed E-state index contributed by atoms with van der Waals surface area (Å²) in [5.74, 6) is -0.607. The van der Waals surface area contributed by atoms with Crippen molar-refractivity contribution >= 4 is 29.1 Å². The van der Waals surface area contributed by atoms with Crippen molar-refractivity contribution in [1.82, 2.24) is 24.8 Å². The number of phenols is 1. The standard InChI is InChI=1S/C31H33F3N6O3S/c1-2-44-24-11-20(10-21(32)12-24)26-13-22(33)16-39(26)30-6-5-29-35-14-27(40(29)37-30)31(42)36-23-17-38(7-8-43-18-23)15-19-3-4-25(34)28(41)9-19/h3-6,9-12,14,22-23,26,41H,2,7-8,13,15-18H2,1H3,(H,36,42)/t22-,23-,26+/m0/s1. The second-order valence-electron chi connectivity index (χ2n) is 11.0. The van der Waals surface area contributed by atoms with Gasteiger partial charge in [0.1, 0.15) is 17.8 Å². The predicted octanol–water partition coefficient (Wildman–Crippen LogP) is 4.75. The Hall–Kier alpha value is -3.81. The maximum Gasteiger partial charge on any atom is 0.271 e. The van der Waals surface area contributed by atoms with Crippen LogP contribution in [0.5, 0.6) is 5.75 Å². The number of hydrogen-bond donors (Lipinski definition) is 2. The molecule has 0 spiro atoms. The van der Waals surface area contributed by atoms with Gasteiger partial charge in [0.15, 0.2) is 22.9 Å². The van der Waals surface area contributed by atoms with E-state index in [1.54, 1.807) is 18.2 Å². The number of halogens is 3. The number of aromatic nitrogens is 3. The zero-order valence-electron chi connectivity index (χ0n) is 24.1. The van der Waals surface area contributed by atoms with Gasteiger partial charge in [-0.15, -0.1) is 16.9 Å². The first-order valence-electron chi connectivity index (χ1n) is 14.5. The molecule has 0 radical (unpaired) electrons. The van der Waals surface area contributed by atoms with E-state index in [-0.39, 0.29) is 30.5 Å². The number of alkyl halides is 1. The molecular formula is C31H33F3N6O3S. The van der Waals surface area contributed by atoms with Crippen LogP contribution in [0.25, 0.3) is 5.65 Å². The molecule has 2 N–H and O–H groups in total. The smallest absolute Gasteiger partial charge is 0.271 e. The van der Waals surface area contributed by atoms with E-state index < -0.39 is 29.7 Å². The molecule has 4 aromatic rings. The molecule has 0 saturated carbocycles. The molecule has 2 aromatic heterocycles. The van der Waals surface area contributed by atoms with Crippen molar-refractivity contribution in [2.75, 3.05) is 43.5 Å². The van der Waals surface area contributed by atoms with E-state index in [9.17, 15) is 23.1 Å². The Morgan fingerprint density at radius 3 is 2.84 bits per heavy atom. The third-order valence-corrected chi connectivity index (χ3v) is 8.67. The Morgan fingerprint density at radius 2 is 2.02 bits per heavy atom. The molecule has 0 unspecified atom stereocenters. The summed E-state index contributed by atoms with van der Waals surface area (Å²) < 4.78 is 50.0. The Kier molecular flexibility index (Phi) is 8.96. The predicted molar refractivity (Wildman–Crippen MR) is 161 cm³/mol. The number of imidazole rings is 1. The molecule has 232 valence electrons. The van der Waals surface area contributed by atoms with Crippen LogP contribution in [0.3, 0.4) is 0 Å². The van der Waals surface area contributed by atoms with Crippen molar-refractivity contribution in [3.05, 3.63) is 83.2 Å². The largest absolute Gasteiger partial charge is 0.505 e. The SMILES string of the molecule is CCSc1cc(F)cc([C@H]2C[C@H](F)CN2c2ccc3ncc(C(=O)N[C@@H]4COCCN(Cc5ccc(F)c(O)c5)C4)n3n2)c1. The fourth-order valence-electron chi connectivity index (χ4n) is 5.83. The molecule has 1 amide bonds. The molecule has 0 aliphatic carbocycles. The zero-order chi connectivity index (χ0) is 30.8. The number of anilines is 1. The summed E-state index contributed by atoms with van der Waals surface area (Å²) >= 11 is 1.52. The molecule has 2 saturated heterocycles. The van der Waals surface area contributed by atoms with Crippen LogP contribution in [0, 0.1) is 11.6 Å². The first-order chi connectivity index (χ1) is 21.3. The van der Waals surface area contributed by atoms with Gasteiger partial charge in [0.25, 0.3) is 5.91 Å². The quantitative estimate of drug-likeness (QED) is 0.271. The number of nitrogens with zero attached hydrogens (tertiary/aromatic N) is 5. The lowest BCUT2D eigenvalue weighted by Gasteiger charge is -2.26. The monoisotopic (exact) mass is 626 g/mol. The average Bonchev–Trinajstić information content (AvgIpc) is 3.53. The van der Waals surface area contributed by atoms with Crippen LogP contribution in [0.2, 0.25) is 0 Å². The van der Waals surface area contributed by atoms with Crippen LogP contribution in [0.1, 0.15) is 41.0 Å². The Bertz CT molecular complexity index is 1660. The van der Waals surface area contributed by atoms with Crippen molar-refractivity contribution < 1.29 is 27.8 Å². The van der Waals surface area contributed by atoms with Gasteiger partial charge >= 0.3 is 0 Å². The molecular weight excluding hydrogens is 593 g/mol. The van der Waals surface area contributed by atoms with Crippen LogP contribution < -0.4 is 10.2 Å². The van der Waals surface area contributed by atoms with E-state index >= 15 is 0 Å². The minimum Gasteiger partial charge on any atom is -0.505 e. The van der Waals surface area contributed by atoms with Crippen molar-refractivity contribution in [2.24, 2.45) is 0 Å². The molecule has 44 heavy (non-hydrogen) atoms. The van der Waals surface area contributed by atoms with Gasteiger partial charge in [0.05, 0.1) is 38.0 Å². The molecule has 6 rings (SSSR count). The highest BCUT2D eigenvalue weighted by Gasteiger charge is 2.35. The number of ether oxygens (including phenoxy) is 1. The van der Waals surface area contributed by atoms with E-state index in [1.165, 1.54) is 46.7 Å². The number of rotatable bonds is 8. The Balaban J connectivity index is 1.20. The fourth-order valence-corrected chi connectivity index (χ4v) is 6.58. The Labute approximate surface area is 257 Å². The number of hydrogen-bond acceptors (Lipinski definition) is 8. The summed E-state index contributed by atoms with van der Waals surface area (Å²) in [5, 5.41) is 17.4. The maximum absolute atomic E-state index is 14.8. The number of carbonyl (C=O) groups excluding carboxylic acids is 1. The van der Waals surface area contributed by atoms with Crippen molar-refractivity contribution in [1.29, 1.82) is 0 Å². The number of fused-ring (bicyclic) bond motifs is 1. The summed E-state index contributed by atoms with van der Waals surface area (Å²) in [5.41, 5.74) is 2.08. The lowest BCUT2D eigenvalue weighted by atomic mass is 10.0. The number of aromatic hydroxyl groups is 1. The van der Waals surface area contributed by atoms with Gasteiger partial charge in [0, 0.05) is 31.0 Å². The van der Waals surface area contributed by atoms with E-state index in [1.807, 2.05) is 17.9 Å². The first kappa shape index (κ1) is 30.2. The van der Waals surface area contributed by atoms with Gasteiger partial charge in [-0.1, -0.05) is 13.0 Å². The fraction of sp³-hybridized carbons (Fsp3) is 0.387. The normalized spacial score (nSPS) is 21.1. The van der Waals surface area contributed by atoms with Crippen LogP contribution in [0.4, 0.5) is 19.0 Å². The summed E-state index contributed by atoms with van der Waals surface area (Å²) in [7, 11) is 0. The lowest BCUT2D eigenvalue weighted by molar-refractivity contribution is 0.0876. The summed E-state index contributed by atoms with van der Waals surface area (Å²) in [6.07, 6.45) is 0.524. The molecule has 2 aliphatic rings. The Morgan fingerprint density at radius 1 is 1.16 bits per heavy atom. The molecule has 13 heteroatoms. The molecule has 2 aliphatic heterocycles.